The maximum Gasteiger partial charge on any atom is 0.143 e. The molecule has 1 N–H and O–H groups in total. The minimum Gasteiger partial charge on any atom is -0.508 e. The molecule has 2 heterocycles. The normalized spacial score (nSPS) is 14.2. The number of fused-ring (bicyclic) bond motifs is 1. The minimum absolute atomic E-state index is 0. The molecule has 1 aromatic heterocycles. The maximum atomic E-state index is 9.99. The van der Waals surface area contributed by atoms with Crippen LogP contribution in [-0.4, -0.2) is 36.2 Å². The number of piperidine rings is 1. The van der Waals surface area contributed by atoms with Crippen molar-refractivity contribution in [2.24, 2.45) is 0 Å². The van der Waals surface area contributed by atoms with Crippen molar-refractivity contribution in [2.75, 3.05) is 26.2 Å². The van der Waals surface area contributed by atoms with Crippen LogP contribution in [0.5, 0.6) is 11.5 Å². The lowest BCUT2D eigenvalue weighted by atomic mass is 9.95. The fourth-order valence-electron chi connectivity index (χ4n) is 4.58. The fraction of sp³-hybridized carbons (Fsp3) is 0.286. The highest BCUT2D eigenvalue weighted by atomic mass is 35.5. The number of rotatable bonds is 6. The SMILES string of the molecule is Cc1ccc(OCCN2CCCCC2)cc1-c1c(-c2ccccc2)oc2cc(O)ccc12.Cl. The zero-order valence-corrected chi connectivity index (χ0v) is 19.7. The molecule has 0 unspecified atom stereocenters. The number of furan rings is 1. The van der Waals surface area contributed by atoms with Gasteiger partial charge in [0.2, 0.25) is 0 Å². The second kappa shape index (κ2) is 10.3. The summed E-state index contributed by atoms with van der Waals surface area (Å²) in [5, 5.41) is 11.0. The molecule has 0 atom stereocenters. The van der Waals surface area contributed by atoms with Gasteiger partial charge in [0, 0.05) is 29.1 Å². The Hall–Kier alpha value is -2.95. The fourth-order valence-corrected chi connectivity index (χ4v) is 4.58. The van der Waals surface area contributed by atoms with Gasteiger partial charge in [-0.15, -0.1) is 12.4 Å². The van der Waals surface area contributed by atoms with Gasteiger partial charge in [-0.3, -0.25) is 4.90 Å². The summed E-state index contributed by atoms with van der Waals surface area (Å²) in [5.41, 5.74) is 4.96. The summed E-state index contributed by atoms with van der Waals surface area (Å²) in [4.78, 5) is 2.49. The van der Waals surface area contributed by atoms with Crippen molar-refractivity contribution in [3.05, 3.63) is 72.3 Å². The maximum absolute atomic E-state index is 9.99. The van der Waals surface area contributed by atoms with Crippen molar-refractivity contribution in [2.45, 2.75) is 26.2 Å². The van der Waals surface area contributed by atoms with Gasteiger partial charge in [0.25, 0.3) is 0 Å². The number of phenolic OH excluding ortho intramolecular Hbond substituents is 1. The second-order valence-electron chi connectivity index (χ2n) is 8.58. The van der Waals surface area contributed by atoms with Crippen LogP contribution in [0.15, 0.2) is 71.1 Å². The van der Waals surface area contributed by atoms with Crippen LogP contribution >= 0.6 is 12.4 Å². The van der Waals surface area contributed by atoms with E-state index in [0.29, 0.717) is 12.2 Å². The molecule has 4 nitrogen and oxygen atoms in total. The largest absolute Gasteiger partial charge is 0.508 e. The number of aryl methyl sites for hydroxylation is 1. The lowest BCUT2D eigenvalue weighted by molar-refractivity contribution is 0.183. The van der Waals surface area contributed by atoms with Crippen LogP contribution in [-0.2, 0) is 0 Å². The summed E-state index contributed by atoms with van der Waals surface area (Å²) in [7, 11) is 0. The van der Waals surface area contributed by atoms with Crippen molar-refractivity contribution in [3.8, 4) is 33.9 Å². The van der Waals surface area contributed by atoms with Gasteiger partial charge in [-0.2, -0.15) is 0 Å². The van der Waals surface area contributed by atoms with Crippen LogP contribution in [0.2, 0.25) is 0 Å². The molecule has 0 spiro atoms. The van der Waals surface area contributed by atoms with E-state index in [1.165, 1.54) is 32.4 Å². The zero-order valence-electron chi connectivity index (χ0n) is 18.9. The molecule has 4 aromatic rings. The lowest BCUT2D eigenvalue weighted by Gasteiger charge is -2.26. The first-order valence-electron chi connectivity index (χ1n) is 11.5. The first-order chi connectivity index (χ1) is 15.7. The number of nitrogens with zero attached hydrogens (tertiary/aromatic N) is 1. The van der Waals surface area contributed by atoms with Gasteiger partial charge in [0.15, 0.2) is 0 Å². The van der Waals surface area contributed by atoms with Crippen LogP contribution in [0, 0.1) is 6.92 Å². The predicted molar refractivity (Wildman–Crippen MR) is 137 cm³/mol. The van der Waals surface area contributed by atoms with E-state index in [1.807, 2.05) is 30.3 Å². The Morgan fingerprint density at radius 1 is 0.939 bits per heavy atom. The lowest BCUT2D eigenvalue weighted by Crippen LogP contribution is -2.33. The van der Waals surface area contributed by atoms with Gasteiger partial charge in [0.05, 0.1) is 0 Å². The number of aromatic hydroxyl groups is 1. The molecule has 172 valence electrons. The molecule has 5 heteroatoms. The highest BCUT2D eigenvalue weighted by Gasteiger charge is 2.20. The molecule has 1 fully saturated rings. The number of hydrogen-bond acceptors (Lipinski definition) is 4. The Morgan fingerprint density at radius 3 is 2.52 bits per heavy atom. The van der Waals surface area contributed by atoms with Crippen molar-refractivity contribution >= 4 is 23.4 Å². The summed E-state index contributed by atoms with van der Waals surface area (Å²) in [6.45, 7) is 6.12. The molecular formula is C28H30ClNO3. The number of benzene rings is 3. The Labute approximate surface area is 201 Å². The van der Waals surface area contributed by atoms with Crippen LogP contribution in [0.4, 0.5) is 0 Å². The number of halogens is 1. The van der Waals surface area contributed by atoms with E-state index in [-0.39, 0.29) is 18.2 Å². The first-order valence-corrected chi connectivity index (χ1v) is 11.5. The quantitative estimate of drug-likeness (QED) is 0.332. The number of hydrogen-bond donors (Lipinski definition) is 1. The molecule has 33 heavy (non-hydrogen) atoms. The standard InChI is InChI=1S/C28H29NO3.ClH/c1-20-10-12-23(31-17-16-29-14-6-3-7-15-29)19-25(20)27-24-13-11-22(30)18-26(24)32-28(27)21-8-4-2-5-9-21;/h2,4-5,8-13,18-19,30H,3,6-7,14-17H2,1H3;1H. The summed E-state index contributed by atoms with van der Waals surface area (Å²) >= 11 is 0. The molecule has 3 aromatic carbocycles. The molecule has 0 amide bonds. The molecular weight excluding hydrogens is 434 g/mol. The van der Waals surface area contributed by atoms with E-state index < -0.39 is 0 Å². The third-order valence-corrected chi connectivity index (χ3v) is 6.31. The van der Waals surface area contributed by atoms with Crippen LogP contribution in [0.25, 0.3) is 33.4 Å². The Bertz CT molecular complexity index is 1210. The molecule has 5 rings (SSSR count). The molecule has 1 aliphatic heterocycles. The average molecular weight is 464 g/mol. The Morgan fingerprint density at radius 2 is 1.73 bits per heavy atom. The van der Waals surface area contributed by atoms with Crippen LogP contribution in [0.1, 0.15) is 24.8 Å². The number of phenols is 1. The van der Waals surface area contributed by atoms with Crippen molar-refractivity contribution in [1.29, 1.82) is 0 Å². The van der Waals surface area contributed by atoms with Gasteiger partial charge in [0.1, 0.15) is 29.4 Å². The van der Waals surface area contributed by atoms with Gasteiger partial charge >= 0.3 is 0 Å². The summed E-state index contributed by atoms with van der Waals surface area (Å²) in [6.07, 6.45) is 3.93. The summed E-state index contributed by atoms with van der Waals surface area (Å²) in [5.74, 6) is 1.87. The molecule has 0 radical (unpaired) electrons. The van der Waals surface area contributed by atoms with E-state index in [0.717, 1.165) is 45.7 Å². The Kier molecular flexibility index (Phi) is 7.26. The third kappa shape index (κ3) is 5.02. The van der Waals surface area contributed by atoms with Crippen molar-refractivity contribution in [3.63, 3.8) is 0 Å². The van der Waals surface area contributed by atoms with Gasteiger partial charge in [-0.05, 0) is 68.2 Å². The first kappa shape index (κ1) is 23.2. The molecule has 1 saturated heterocycles. The molecule has 0 aliphatic carbocycles. The zero-order chi connectivity index (χ0) is 21.9. The average Bonchev–Trinajstić information content (AvgIpc) is 3.20. The Balaban J connectivity index is 0.00000259. The van der Waals surface area contributed by atoms with Gasteiger partial charge in [-0.1, -0.05) is 42.8 Å². The summed E-state index contributed by atoms with van der Waals surface area (Å²) in [6, 6.07) is 21.7. The topological polar surface area (TPSA) is 45.8 Å². The number of ether oxygens (including phenoxy) is 1. The summed E-state index contributed by atoms with van der Waals surface area (Å²) < 4.78 is 12.4. The molecule has 0 saturated carbocycles. The molecule has 0 bridgehead atoms. The minimum atomic E-state index is 0. The second-order valence-corrected chi connectivity index (χ2v) is 8.58. The van der Waals surface area contributed by atoms with Crippen LogP contribution in [0.3, 0.4) is 0 Å². The predicted octanol–water partition coefficient (Wildman–Crippen LogP) is 7.07. The highest BCUT2D eigenvalue weighted by Crippen LogP contribution is 2.43. The monoisotopic (exact) mass is 463 g/mol. The third-order valence-electron chi connectivity index (χ3n) is 6.31. The smallest absolute Gasteiger partial charge is 0.143 e. The van der Waals surface area contributed by atoms with Gasteiger partial charge in [-0.25, -0.2) is 0 Å². The highest BCUT2D eigenvalue weighted by molar-refractivity contribution is 6.03. The van der Waals surface area contributed by atoms with E-state index in [2.05, 4.69) is 36.1 Å². The van der Waals surface area contributed by atoms with Crippen molar-refractivity contribution in [1.82, 2.24) is 4.90 Å². The molecule has 1 aliphatic rings. The van der Waals surface area contributed by atoms with E-state index in [9.17, 15) is 5.11 Å². The van der Waals surface area contributed by atoms with Gasteiger partial charge < -0.3 is 14.3 Å². The number of likely N-dealkylation sites (tertiary alicyclic amines) is 1. The van der Waals surface area contributed by atoms with E-state index >= 15 is 0 Å². The van der Waals surface area contributed by atoms with Crippen molar-refractivity contribution < 1.29 is 14.3 Å². The van der Waals surface area contributed by atoms with E-state index in [4.69, 9.17) is 9.15 Å². The van der Waals surface area contributed by atoms with Crippen LogP contribution < -0.4 is 4.74 Å². The van der Waals surface area contributed by atoms with E-state index in [1.54, 1.807) is 12.1 Å².